The lowest BCUT2D eigenvalue weighted by molar-refractivity contribution is 0.215. The van der Waals surface area contributed by atoms with Gasteiger partial charge < -0.3 is 9.47 Å². The van der Waals surface area contributed by atoms with Gasteiger partial charge in [0.1, 0.15) is 11.5 Å². The van der Waals surface area contributed by atoms with Crippen LogP contribution in [0.1, 0.15) is 5.56 Å². The highest BCUT2D eigenvalue weighted by Gasteiger charge is 2.08. The Balaban J connectivity index is 1.98. The Hall–Kier alpha value is -2.14. The van der Waals surface area contributed by atoms with Crippen molar-refractivity contribution in [2.75, 3.05) is 18.2 Å². The van der Waals surface area contributed by atoms with Gasteiger partial charge in [0.2, 0.25) is 0 Å². The molecular weight excluding hydrogens is 286 g/mol. The maximum absolute atomic E-state index is 11.9. The van der Waals surface area contributed by atoms with Crippen LogP contribution in [-0.4, -0.2) is 19.0 Å². The first-order valence-corrected chi connectivity index (χ1v) is 7.18. The third-order valence-corrected chi connectivity index (χ3v) is 3.10. The molecule has 2 rings (SSSR count). The van der Waals surface area contributed by atoms with Crippen molar-refractivity contribution in [3.8, 4) is 11.5 Å². The van der Waals surface area contributed by atoms with Crippen molar-refractivity contribution in [2.24, 2.45) is 0 Å². The van der Waals surface area contributed by atoms with Crippen molar-refractivity contribution in [1.82, 2.24) is 0 Å². The Labute approximate surface area is 129 Å². The summed E-state index contributed by atoms with van der Waals surface area (Å²) in [6.45, 7) is 0. The first-order valence-electron chi connectivity index (χ1n) is 6.54. The van der Waals surface area contributed by atoms with Crippen LogP contribution in [0.4, 0.5) is 10.5 Å². The Morgan fingerprint density at radius 2 is 1.86 bits per heavy atom. The van der Waals surface area contributed by atoms with Crippen LogP contribution < -0.4 is 14.8 Å². The summed E-state index contributed by atoms with van der Waals surface area (Å²) in [5.74, 6) is 1.86. The molecule has 0 atom stereocenters. The second-order valence-corrected chi connectivity index (χ2v) is 4.78. The zero-order chi connectivity index (χ0) is 15.1. The average Bonchev–Trinajstić information content (AvgIpc) is 2.50. The second-order valence-electron chi connectivity index (χ2n) is 4.33. The van der Waals surface area contributed by atoms with Gasteiger partial charge in [-0.3, -0.25) is 5.32 Å². The Bertz CT molecular complexity index is 599. The summed E-state index contributed by atoms with van der Waals surface area (Å²) in [5, 5.41) is 2.65. The molecule has 2 aromatic rings. The molecule has 0 saturated carbocycles. The Morgan fingerprint density at radius 1 is 1.14 bits per heavy atom. The van der Waals surface area contributed by atoms with Crippen molar-refractivity contribution in [3.63, 3.8) is 0 Å². The molecule has 5 heteroatoms. The van der Waals surface area contributed by atoms with E-state index in [1.165, 1.54) is 0 Å². The summed E-state index contributed by atoms with van der Waals surface area (Å²) < 4.78 is 10.4. The van der Waals surface area contributed by atoms with Gasteiger partial charge in [0.15, 0.2) is 0 Å². The molecule has 0 bridgehead atoms. The molecule has 0 aliphatic rings. The van der Waals surface area contributed by atoms with Gasteiger partial charge in [0.05, 0.1) is 12.8 Å². The van der Waals surface area contributed by atoms with Gasteiger partial charge in [-0.25, -0.2) is 4.79 Å². The van der Waals surface area contributed by atoms with Crippen LogP contribution in [0.2, 0.25) is 0 Å². The molecule has 110 valence electrons. The number of para-hydroxylation sites is 2. The number of hydrogen-bond acceptors (Lipinski definition) is 4. The second kappa shape index (κ2) is 7.59. The van der Waals surface area contributed by atoms with Gasteiger partial charge in [-0.2, -0.15) is 12.6 Å². The first kappa shape index (κ1) is 15.3. The fourth-order valence-electron chi connectivity index (χ4n) is 1.84. The van der Waals surface area contributed by atoms with Crippen molar-refractivity contribution in [3.05, 3.63) is 54.1 Å². The molecule has 2 aromatic carbocycles. The molecule has 0 aromatic heterocycles. The van der Waals surface area contributed by atoms with Crippen LogP contribution in [-0.2, 0) is 6.42 Å². The predicted molar refractivity (Wildman–Crippen MR) is 86.6 cm³/mol. The van der Waals surface area contributed by atoms with Gasteiger partial charge in [-0.15, -0.1) is 0 Å². The fraction of sp³-hybridized carbons (Fsp3) is 0.188. The van der Waals surface area contributed by atoms with Crippen LogP contribution >= 0.6 is 12.6 Å². The smallest absolute Gasteiger partial charge is 0.417 e. The molecule has 4 nitrogen and oxygen atoms in total. The lowest BCUT2D eigenvalue weighted by Gasteiger charge is -2.10. The molecule has 1 N–H and O–H groups in total. The average molecular weight is 303 g/mol. The molecule has 0 radical (unpaired) electrons. The number of carbonyl (C=O) groups is 1. The van der Waals surface area contributed by atoms with E-state index in [-0.39, 0.29) is 0 Å². The highest BCUT2D eigenvalue weighted by Crippen LogP contribution is 2.23. The van der Waals surface area contributed by atoms with Crippen LogP contribution in [0.3, 0.4) is 0 Å². The lowest BCUT2D eigenvalue weighted by Crippen LogP contribution is -2.17. The standard InChI is InChI=1S/C16H17NO3S/c1-19-15-5-3-2-4-14(15)17-16(18)20-13-8-6-12(7-9-13)10-11-21/h2-9,21H,10-11H2,1H3,(H,17,18). The molecule has 0 saturated heterocycles. The van der Waals surface area contributed by atoms with Crippen molar-refractivity contribution >= 4 is 24.4 Å². The maximum Gasteiger partial charge on any atom is 0.417 e. The normalized spacial score (nSPS) is 10.0. The summed E-state index contributed by atoms with van der Waals surface area (Å²) in [5.41, 5.74) is 1.72. The predicted octanol–water partition coefficient (Wildman–Crippen LogP) is 3.78. The van der Waals surface area contributed by atoms with Crippen molar-refractivity contribution in [1.29, 1.82) is 0 Å². The van der Waals surface area contributed by atoms with E-state index in [4.69, 9.17) is 9.47 Å². The van der Waals surface area contributed by atoms with Gasteiger partial charge in [-0.1, -0.05) is 24.3 Å². The third kappa shape index (κ3) is 4.43. The van der Waals surface area contributed by atoms with E-state index in [1.807, 2.05) is 24.3 Å². The van der Waals surface area contributed by atoms with Gasteiger partial charge in [0.25, 0.3) is 0 Å². The minimum absolute atomic E-state index is 0.491. The number of hydrogen-bond donors (Lipinski definition) is 2. The Morgan fingerprint density at radius 3 is 2.52 bits per heavy atom. The summed E-state index contributed by atoms with van der Waals surface area (Å²) in [6, 6.07) is 14.5. The molecule has 0 aliphatic carbocycles. The topological polar surface area (TPSA) is 47.6 Å². The lowest BCUT2D eigenvalue weighted by atomic mass is 10.2. The minimum atomic E-state index is -0.554. The number of anilines is 1. The summed E-state index contributed by atoms with van der Waals surface area (Å²) >= 11 is 4.18. The molecule has 0 aliphatic heterocycles. The maximum atomic E-state index is 11.9. The SMILES string of the molecule is COc1ccccc1NC(=O)Oc1ccc(CCS)cc1. The van der Waals surface area contributed by atoms with Crippen LogP contribution in [0.15, 0.2) is 48.5 Å². The summed E-state index contributed by atoms with van der Waals surface area (Å²) in [7, 11) is 1.55. The van der Waals surface area contributed by atoms with E-state index in [0.717, 1.165) is 17.7 Å². The van der Waals surface area contributed by atoms with Crippen LogP contribution in [0.25, 0.3) is 0 Å². The zero-order valence-electron chi connectivity index (χ0n) is 11.7. The van der Waals surface area contributed by atoms with E-state index in [9.17, 15) is 4.79 Å². The number of rotatable bonds is 5. The fourth-order valence-corrected chi connectivity index (χ4v) is 2.10. The molecular formula is C16H17NO3S. The number of methoxy groups -OCH3 is 1. The van der Waals surface area contributed by atoms with Crippen molar-refractivity contribution < 1.29 is 14.3 Å². The number of amides is 1. The summed E-state index contributed by atoms with van der Waals surface area (Å²) in [6.07, 6.45) is 0.331. The van der Waals surface area contributed by atoms with E-state index in [1.54, 1.807) is 31.4 Å². The van der Waals surface area contributed by atoms with Gasteiger partial charge in [0, 0.05) is 0 Å². The quantitative estimate of drug-likeness (QED) is 0.826. The number of aryl methyl sites for hydroxylation is 1. The number of benzene rings is 2. The molecule has 1 amide bonds. The van der Waals surface area contributed by atoms with Crippen molar-refractivity contribution in [2.45, 2.75) is 6.42 Å². The van der Waals surface area contributed by atoms with Gasteiger partial charge in [-0.05, 0) is 42.0 Å². The minimum Gasteiger partial charge on any atom is -0.495 e. The Kier molecular flexibility index (Phi) is 5.51. The molecule has 0 fully saturated rings. The number of nitrogens with one attached hydrogen (secondary N) is 1. The molecule has 21 heavy (non-hydrogen) atoms. The highest BCUT2D eigenvalue weighted by atomic mass is 32.1. The number of thiol groups is 1. The van der Waals surface area contributed by atoms with Gasteiger partial charge >= 0.3 is 6.09 Å². The molecule has 0 heterocycles. The largest absolute Gasteiger partial charge is 0.495 e. The van der Waals surface area contributed by atoms with Crippen LogP contribution in [0.5, 0.6) is 11.5 Å². The number of ether oxygens (including phenoxy) is 2. The monoisotopic (exact) mass is 303 g/mol. The molecule has 0 spiro atoms. The van der Waals surface area contributed by atoms with Crippen LogP contribution in [0, 0.1) is 0 Å². The van der Waals surface area contributed by atoms with E-state index in [2.05, 4.69) is 17.9 Å². The highest BCUT2D eigenvalue weighted by molar-refractivity contribution is 7.80. The third-order valence-electron chi connectivity index (χ3n) is 2.88. The van der Waals surface area contributed by atoms with E-state index >= 15 is 0 Å². The van der Waals surface area contributed by atoms with E-state index in [0.29, 0.717) is 17.2 Å². The first-order chi connectivity index (χ1) is 10.2. The zero-order valence-corrected chi connectivity index (χ0v) is 12.6. The molecule has 0 unspecified atom stereocenters. The summed E-state index contributed by atoms with van der Waals surface area (Å²) in [4.78, 5) is 11.9. The number of carbonyl (C=O) groups excluding carboxylic acids is 1. The van der Waals surface area contributed by atoms with E-state index < -0.39 is 6.09 Å².